The summed E-state index contributed by atoms with van der Waals surface area (Å²) in [6.07, 6.45) is 0. The summed E-state index contributed by atoms with van der Waals surface area (Å²) in [6.45, 7) is 6.32. The molecule has 0 aliphatic carbocycles. The second-order valence-electron chi connectivity index (χ2n) is 6.24. The van der Waals surface area contributed by atoms with Gasteiger partial charge in [0.2, 0.25) is 0 Å². The summed E-state index contributed by atoms with van der Waals surface area (Å²) in [5.41, 5.74) is 2.02. The van der Waals surface area contributed by atoms with Crippen LogP contribution in [-0.4, -0.2) is 13.0 Å². The summed E-state index contributed by atoms with van der Waals surface area (Å²) >= 11 is 12.0. The third-order valence-corrected chi connectivity index (χ3v) is 4.04. The largest absolute Gasteiger partial charge is 0.495 e. The van der Waals surface area contributed by atoms with Crippen LogP contribution in [0.2, 0.25) is 10.0 Å². The van der Waals surface area contributed by atoms with Gasteiger partial charge in [0.1, 0.15) is 5.75 Å². The Labute approximate surface area is 146 Å². The lowest BCUT2D eigenvalue weighted by Gasteiger charge is -2.21. The first-order chi connectivity index (χ1) is 10.7. The van der Waals surface area contributed by atoms with E-state index in [2.05, 4.69) is 26.1 Å². The minimum Gasteiger partial charge on any atom is -0.495 e. The average molecular weight is 352 g/mol. The van der Waals surface area contributed by atoms with Gasteiger partial charge in [-0.2, -0.15) is 0 Å². The number of methoxy groups -OCH3 is 1. The molecule has 3 nitrogen and oxygen atoms in total. The molecule has 1 N–H and O–H groups in total. The number of hydrogen-bond acceptors (Lipinski definition) is 2. The lowest BCUT2D eigenvalue weighted by molar-refractivity contribution is 0.102. The average Bonchev–Trinajstić information content (AvgIpc) is 2.46. The number of nitrogens with one attached hydrogen (secondary N) is 1. The van der Waals surface area contributed by atoms with E-state index in [1.165, 1.54) is 0 Å². The Balaban J connectivity index is 2.36. The smallest absolute Gasteiger partial charge is 0.257 e. The van der Waals surface area contributed by atoms with Crippen LogP contribution in [0.15, 0.2) is 36.4 Å². The van der Waals surface area contributed by atoms with Crippen molar-refractivity contribution in [3.63, 3.8) is 0 Å². The molecule has 122 valence electrons. The minimum atomic E-state index is -0.309. The molecule has 2 aromatic carbocycles. The van der Waals surface area contributed by atoms with Gasteiger partial charge in [-0.3, -0.25) is 4.79 Å². The van der Waals surface area contributed by atoms with Gasteiger partial charge >= 0.3 is 0 Å². The van der Waals surface area contributed by atoms with Crippen LogP contribution >= 0.6 is 23.2 Å². The molecule has 0 radical (unpaired) electrons. The molecule has 0 atom stereocenters. The highest BCUT2D eigenvalue weighted by molar-refractivity contribution is 6.37. The Hall–Kier alpha value is -1.71. The van der Waals surface area contributed by atoms with Crippen molar-refractivity contribution in [3.8, 4) is 5.75 Å². The Morgan fingerprint density at radius 2 is 1.78 bits per heavy atom. The maximum atomic E-state index is 12.5. The normalized spacial score (nSPS) is 11.2. The molecule has 0 bridgehead atoms. The summed E-state index contributed by atoms with van der Waals surface area (Å²) in [5.74, 6) is 0.285. The number of carbonyl (C=O) groups excluding carboxylic acids is 1. The van der Waals surface area contributed by atoms with Crippen molar-refractivity contribution in [2.75, 3.05) is 12.4 Å². The Morgan fingerprint density at radius 1 is 1.09 bits per heavy atom. The number of ether oxygens (including phenoxy) is 1. The molecule has 0 saturated heterocycles. The van der Waals surface area contributed by atoms with Gasteiger partial charge in [-0.25, -0.2) is 0 Å². The van der Waals surface area contributed by atoms with Crippen LogP contribution in [0.3, 0.4) is 0 Å². The number of halogens is 2. The van der Waals surface area contributed by atoms with E-state index in [4.69, 9.17) is 27.9 Å². The molecule has 0 unspecified atom stereocenters. The monoisotopic (exact) mass is 351 g/mol. The van der Waals surface area contributed by atoms with Gasteiger partial charge < -0.3 is 10.1 Å². The van der Waals surface area contributed by atoms with Crippen molar-refractivity contribution < 1.29 is 9.53 Å². The van der Waals surface area contributed by atoms with Crippen molar-refractivity contribution >= 4 is 34.8 Å². The van der Waals surface area contributed by atoms with E-state index in [-0.39, 0.29) is 11.3 Å². The first-order valence-corrected chi connectivity index (χ1v) is 7.93. The highest BCUT2D eigenvalue weighted by atomic mass is 35.5. The SMILES string of the molecule is COc1ccc(C(C)(C)C)cc1NC(=O)c1ccc(Cl)cc1Cl. The molecule has 0 spiro atoms. The van der Waals surface area contributed by atoms with Gasteiger partial charge in [0.05, 0.1) is 23.4 Å². The van der Waals surface area contributed by atoms with Gasteiger partial charge in [0, 0.05) is 5.02 Å². The van der Waals surface area contributed by atoms with Gasteiger partial charge in [-0.05, 0) is 41.3 Å². The third kappa shape index (κ3) is 4.18. The standard InChI is InChI=1S/C18H19Cl2NO2/c1-18(2,3)11-5-8-16(23-4)15(9-11)21-17(22)13-7-6-12(19)10-14(13)20/h5-10H,1-4H3,(H,21,22). The molecular formula is C18H19Cl2NO2. The summed E-state index contributed by atoms with van der Waals surface area (Å²) in [4.78, 5) is 12.5. The van der Waals surface area contributed by atoms with E-state index >= 15 is 0 Å². The Bertz CT molecular complexity index is 736. The van der Waals surface area contributed by atoms with Gasteiger partial charge in [0.15, 0.2) is 0 Å². The van der Waals surface area contributed by atoms with Crippen LogP contribution in [0.1, 0.15) is 36.7 Å². The van der Waals surface area contributed by atoms with Crippen LogP contribution in [0.25, 0.3) is 0 Å². The lowest BCUT2D eigenvalue weighted by Crippen LogP contribution is -2.16. The zero-order valence-corrected chi connectivity index (χ0v) is 15.0. The summed E-state index contributed by atoms with van der Waals surface area (Å²) in [6, 6.07) is 10.5. The molecule has 2 aromatic rings. The van der Waals surface area contributed by atoms with Crippen molar-refractivity contribution in [2.45, 2.75) is 26.2 Å². The van der Waals surface area contributed by atoms with E-state index in [1.54, 1.807) is 25.3 Å². The van der Waals surface area contributed by atoms with Crippen molar-refractivity contribution in [1.29, 1.82) is 0 Å². The molecule has 0 saturated carbocycles. The molecule has 0 aliphatic heterocycles. The summed E-state index contributed by atoms with van der Waals surface area (Å²) in [7, 11) is 1.57. The van der Waals surface area contributed by atoms with Crippen molar-refractivity contribution in [1.82, 2.24) is 0 Å². The van der Waals surface area contributed by atoms with E-state index in [9.17, 15) is 4.79 Å². The molecule has 0 aromatic heterocycles. The zero-order valence-electron chi connectivity index (χ0n) is 13.5. The topological polar surface area (TPSA) is 38.3 Å². The van der Waals surface area contributed by atoms with Crippen molar-refractivity contribution in [3.05, 3.63) is 57.6 Å². The predicted molar refractivity (Wildman–Crippen MR) is 96.1 cm³/mol. The molecular weight excluding hydrogens is 333 g/mol. The molecule has 0 heterocycles. The number of hydrogen-bond donors (Lipinski definition) is 1. The van der Waals surface area contributed by atoms with Crippen LogP contribution in [0.5, 0.6) is 5.75 Å². The fourth-order valence-corrected chi connectivity index (χ4v) is 2.63. The van der Waals surface area contributed by atoms with Crippen LogP contribution in [-0.2, 0) is 5.41 Å². The van der Waals surface area contributed by atoms with Crippen molar-refractivity contribution in [2.24, 2.45) is 0 Å². The van der Waals surface area contributed by atoms with Gasteiger partial charge in [-0.15, -0.1) is 0 Å². The van der Waals surface area contributed by atoms with Gasteiger partial charge in [-0.1, -0.05) is 50.0 Å². The maximum absolute atomic E-state index is 12.5. The van der Waals surface area contributed by atoms with E-state index < -0.39 is 0 Å². The number of amides is 1. The number of rotatable bonds is 3. The zero-order chi connectivity index (χ0) is 17.2. The van der Waals surface area contributed by atoms with Crippen LogP contribution < -0.4 is 10.1 Å². The Kier molecular flexibility index (Phi) is 5.23. The highest BCUT2D eigenvalue weighted by Crippen LogP contribution is 2.32. The van der Waals surface area contributed by atoms with E-state index in [0.717, 1.165) is 5.56 Å². The molecule has 23 heavy (non-hydrogen) atoms. The molecule has 2 rings (SSSR count). The number of benzene rings is 2. The minimum absolute atomic E-state index is 0.0380. The number of anilines is 1. The van der Waals surface area contributed by atoms with Gasteiger partial charge in [0.25, 0.3) is 5.91 Å². The van der Waals surface area contributed by atoms with Crippen LogP contribution in [0.4, 0.5) is 5.69 Å². The second kappa shape index (κ2) is 6.81. The molecule has 1 amide bonds. The second-order valence-corrected chi connectivity index (χ2v) is 7.09. The lowest BCUT2D eigenvalue weighted by atomic mass is 9.87. The fraction of sp³-hybridized carbons (Fsp3) is 0.278. The molecule has 0 fully saturated rings. The molecule has 5 heteroatoms. The number of carbonyl (C=O) groups is 1. The van der Waals surface area contributed by atoms with E-state index in [0.29, 0.717) is 27.0 Å². The highest BCUT2D eigenvalue weighted by Gasteiger charge is 2.18. The first-order valence-electron chi connectivity index (χ1n) is 7.17. The maximum Gasteiger partial charge on any atom is 0.257 e. The summed E-state index contributed by atoms with van der Waals surface area (Å²) < 4.78 is 5.33. The quantitative estimate of drug-likeness (QED) is 0.786. The molecule has 0 aliphatic rings. The first kappa shape index (κ1) is 17.6. The third-order valence-electron chi connectivity index (χ3n) is 3.49. The summed E-state index contributed by atoms with van der Waals surface area (Å²) in [5, 5.41) is 3.65. The predicted octanol–water partition coefficient (Wildman–Crippen LogP) is 5.55. The fourth-order valence-electron chi connectivity index (χ4n) is 2.14. The van der Waals surface area contributed by atoms with E-state index in [1.807, 2.05) is 18.2 Å². The Morgan fingerprint density at radius 3 is 2.35 bits per heavy atom. The van der Waals surface area contributed by atoms with Crippen LogP contribution in [0, 0.1) is 0 Å².